The minimum Gasteiger partial charge on any atom is -0.426 e. The molecule has 0 spiro atoms. The molecule has 1 heterocycles. The Morgan fingerprint density at radius 2 is 2.25 bits per heavy atom. The van der Waals surface area contributed by atoms with Crippen LogP contribution in [0.1, 0.15) is 5.56 Å². The molecule has 1 aliphatic rings. The van der Waals surface area contributed by atoms with Crippen molar-refractivity contribution < 1.29 is 13.9 Å². The number of carbonyl (C=O) groups excluding carboxylic acids is 1. The van der Waals surface area contributed by atoms with E-state index < -0.39 is 5.82 Å². The second-order valence-corrected chi connectivity index (χ2v) is 3.38. The van der Waals surface area contributed by atoms with Gasteiger partial charge in [0.25, 0.3) is 0 Å². The van der Waals surface area contributed by atoms with Crippen LogP contribution in [-0.4, -0.2) is 5.97 Å². The van der Waals surface area contributed by atoms with Gasteiger partial charge in [-0.2, -0.15) is 0 Å². The maximum atomic E-state index is 12.9. The first-order valence-electron chi connectivity index (χ1n) is 3.35. The number of benzene rings is 1. The number of rotatable bonds is 0. The van der Waals surface area contributed by atoms with Gasteiger partial charge in [0.1, 0.15) is 11.6 Å². The van der Waals surface area contributed by atoms with Crippen molar-refractivity contribution in [2.24, 2.45) is 0 Å². The van der Waals surface area contributed by atoms with Gasteiger partial charge in [0, 0.05) is 11.6 Å². The van der Waals surface area contributed by atoms with E-state index in [2.05, 4.69) is 15.9 Å². The standard InChI is InChI=1S/C8H4BrFO2/c9-5-1-4-2-8(11)12-7(4)3-6(5)10/h1,3H,2H2. The Bertz CT molecular complexity index is 329. The molecular formula is C8H4BrFO2. The van der Waals surface area contributed by atoms with E-state index in [4.69, 9.17) is 4.74 Å². The first kappa shape index (κ1) is 7.73. The van der Waals surface area contributed by atoms with Gasteiger partial charge in [-0.25, -0.2) is 4.39 Å². The van der Waals surface area contributed by atoms with Crippen molar-refractivity contribution in [1.29, 1.82) is 0 Å². The quantitative estimate of drug-likeness (QED) is 0.504. The van der Waals surface area contributed by atoms with E-state index in [9.17, 15) is 9.18 Å². The highest BCUT2D eigenvalue weighted by Crippen LogP contribution is 2.30. The minimum atomic E-state index is -0.413. The molecule has 2 rings (SSSR count). The maximum Gasteiger partial charge on any atom is 0.315 e. The van der Waals surface area contributed by atoms with Crippen LogP contribution in [0.25, 0.3) is 0 Å². The Labute approximate surface area is 76.5 Å². The van der Waals surface area contributed by atoms with Crippen LogP contribution in [-0.2, 0) is 11.2 Å². The zero-order valence-electron chi connectivity index (χ0n) is 5.93. The first-order valence-corrected chi connectivity index (χ1v) is 4.15. The van der Waals surface area contributed by atoms with E-state index in [1.54, 1.807) is 6.07 Å². The average Bonchev–Trinajstić information content (AvgIpc) is 2.30. The number of hydrogen-bond donors (Lipinski definition) is 0. The van der Waals surface area contributed by atoms with Gasteiger partial charge < -0.3 is 4.74 Å². The zero-order chi connectivity index (χ0) is 8.72. The highest BCUT2D eigenvalue weighted by Gasteiger charge is 2.21. The van der Waals surface area contributed by atoms with Crippen molar-refractivity contribution in [1.82, 2.24) is 0 Å². The molecule has 0 amide bonds. The topological polar surface area (TPSA) is 26.3 Å². The summed E-state index contributed by atoms with van der Waals surface area (Å²) in [7, 11) is 0. The van der Waals surface area contributed by atoms with Crippen LogP contribution >= 0.6 is 15.9 Å². The Morgan fingerprint density at radius 3 is 3.00 bits per heavy atom. The Kier molecular flexibility index (Phi) is 1.65. The predicted molar refractivity (Wildman–Crippen MR) is 43.4 cm³/mol. The number of hydrogen-bond acceptors (Lipinski definition) is 2. The normalized spacial score (nSPS) is 14.3. The van der Waals surface area contributed by atoms with E-state index in [-0.39, 0.29) is 12.4 Å². The summed E-state index contributed by atoms with van der Waals surface area (Å²) in [5.74, 6) is -0.411. The van der Waals surface area contributed by atoms with Crippen molar-refractivity contribution in [3.8, 4) is 5.75 Å². The third kappa shape index (κ3) is 1.12. The van der Waals surface area contributed by atoms with Crippen molar-refractivity contribution in [2.75, 3.05) is 0 Å². The molecule has 1 aliphatic heterocycles. The molecule has 0 N–H and O–H groups in total. The van der Waals surface area contributed by atoms with E-state index >= 15 is 0 Å². The highest BCUT2D eigenvalue weighted by atomic mass is 79.9. The lowest BCUT2D eigenvalue weighted by Crippen LogP contribution is -2.00. The van der Waals surface area contributed by atoms with E-state index in [1.165, 1.54) is 6.07 Å². The van der Waals surface area contributed by atoms with Crippen molar-refractivity contribution in [2.45, 2.75) is 6.42 Å². The first-order chi connectivity index (χ1) is 5.66. The predicted octanol–water partition coefficient (Wildman–Crippen LogP) is 2.05. The molecule has 0 radical (unpaired) electrons. The average molecular weight is 231 g/mol. The molecule has 2 nitrogen and oxygen atoms in total. The van der Waals surface area contributed by atoms with Crippen molar-refractivity contribution in [3.63, 3.8) is 0 Å². The third-order valence-corrected chi connectivity index (χ3v) is 2.27. The highest BCUT2D eigenvalue weighted by molar-refractivity contribution is 9.10. The molecule has 0 saturated heterocycles. The van der Waals surface area contributed by atoms with Crippen LogP contribution in [0.4, 0.5) is 4.39 Å². The minimum absolute atomic E-state index is 0.230. The Hall–Kier alpha value is -0.900. The number of carbonyl (C=O) groups is 1. The lowest BCUT2D eigenvalue weighted by molar-refractivity contribution is -0.131. The van der Waals surface area contributed by atoms with Gasteiger partial charge in [-0.15, -0.1) is 0 Å². The van der Waals surface area contributed by atoms with Gasteiger partial charge in [-0.3, -0.25) is 4.79 Å². The molecule has 0 atom stereocenters. The van der Waals surface area contributed by atoms with E-state index in [0.29, 0.717) is 10.2 Å². The summed E-state index contributed by atoms with van der Waals surface area (Å²) in [5.41, 5.74) is 0.730. The second kappa shape index (κ2) is 2.55. The van der Waals surface area contributed by atoms with E-state index in [1.807, 2.05) is 0 Å². The Morgan fingerprint density at radius 1 is 1.50 bits per heavy atom. The molecule has 4 heteroatoms. The van der Waals surface area contributed by atoms with Gasteiger partial charge in [0.2, 0.25) is 0 Å². The molecule has 1 aromatic carbocycles. The fraction of sp³-hybridized carbons (Fsp3) is 0.125. The molecular weight excluding hydrogens is 227 g/mol. The van der Waals surface area contributed by atoms with Crippen LogP contribution in [0.15, 0.2) is 16.6 Å². The van der Waals surface area contributed by atoms with Gasteiger partial charge in [0.15, 0.2) is 0 Å². The molecule has 0 saturated carbocycles. The molecule has 0 bridgehead atoms. The summed E-state index contributed by atoms with van der Waals surface area (Å²) >= 11 is 3.03. The number of fused-ring (bicyclic) bond motifs is 1. The molecule has 0 unspecified atom stereocenters. The van der Waals surface area contributed by atoms with Crippen LogP contribution in [0.3, 0.4) is 0 Å². The number of halogens is 2. The number of ether oxygens (including phenoxy) is 1. The van der Waals surface area contributed by atoms with Crippen LogP contribution < -0.4 is 4.74 Å². The maximum absolute atomic E-state index is 12.9. The second-order valence-electron chi connectivity index (χ2n) is 2.52. The van der Waals surface area contributed by atoms with Crippen LogP contribution in [0, 0.1) is 5.82 Å². The molecule has 0 aliphatic carbocycles. The summed E-state index contributed by atoms with van der Waals surface area (Å²) in [6.45, 7) is 0. The summed E-state index contributed by atoms with van der Waals surface area (Å²) in [6.07, 6.45) is 0.230. The molecule has 62 valence electrons. The van der Waals surface area contributed by atoms with Crippen molar-refractivity contribution in [3.05, 3.63) is 28.0 Å². The summed E-state index contributed by atoms with van der Waals surface area (Å²) in [5, 5.41) is 0. The summed E-state index contributed by atoms with van der Waals surface area (Å²) in [4.78, 5) is 10.8. The van der Waals surface area contributed by atoms with E-state index in [0.717, 1.165) is 5.56 Å². The molecule has 1 aromatic rings. The summed E-state index contributed by atoms with van der Waals surface area (Å²) in [6, 6.07) is 2.78. The molecule has 12 heavy (non-hydrogen) atoms. The van der Waals surface area contributed by atoms with Gasteiger partial charge in [-0.05, 0) is 22.0 Å². The molecule has 0 fully saturated rings. The number of esters is 1. The largest absolute Gasteiger partial charge is 0.426 e. The lowest BCUT2D eigenvalue weighted by Gasteiger charge is -1.98. The fourth-order valence-electron chi connectivity index (χ4n) is 1.12. The monoisotopic (exact) mass is 230 g/mol. The zero-order valence-corrected chi connectivity index (χ0v) is 7.52. The van der Waals surface area contributed by atoms with Gasteiger partial charge in [-0.1, -0.05) is 0 Å². The van der Waals surface area contributed by atoms with Crippen molar-refractivity contribution >= 4 is 21.9 Å². The molecule has 0 aromatic heterocycles. The van der Waals surface area contributed by atoms with Gasteiger partial charge in [0.05, 0.1) is 10.9 Å². The summed E-state index contributed by atoms with van der Waals surface area (Å²) < 4.78 is 18.0. The van der Waals surface area contributed by atoms with Crippen LogP contribution in [0.5, 0.6) is 5.75 Å². The lowest BCUT2D eigenvalue weighted by atomic mass is 10.2. The SMILES string of the molecule is O=C1Cc2cc(Br)c(F)cc2O1. The van der Waals surface area contributed by atoms with Gasteiger partial charge >= 0.3 is 5.97 Å². The van der Waals surface area contributed by atoms with Crippen LogP contribution in [0.2, 0.25) is 0 Å². The Balaban J connectivity index is 2.55. The smallest absolute Gasteiger partial charge is 0.315 e. The third-order valence-electron chi connectivity index (χ3n) is 1.66. The fourth-order valence-corrected chi connectivity index (χ4v) is 1.51.